The number of ether oxygens (including phenoxy) is 2. The topological polar surface area (TPSA) is 79.9 Å². The second kappa shape index (κ2) is 13.6. The number of nitrogens with one attached hydrogen (secondary N) is 2. The van der Waals surface area contributed by atoms with Crippen molar-refractivity contribution in [1.29, 1.82) is 0 Å². The molecule has 7 nitrogen and oxygen atoms in total. The van der Waals surface area contributed by atoms with Gasteiger partial charge in [-0.2, -0.15) is 0 Å². The first-order chi connectivity index (χ1) is 19.0. The fraction of sp³-hybridized carbons (Fsp3) is 0.161. The van der Waals surface area contributed by atoms with Crippen LogP contribution in [0.3, 0.4) is 0 Å². The largest absolute Gasteiger partial charge is 0.494 e. The highest BCUT2D eigenvalue weighted by molar-refractivity contribution is 6.06. The second-order valence-electron chi connectivity index (χ2n) is 8.56. The average Bonchev–Trinajstić information content (AvgIpc) is 2.95. The molecule has 3 amide bonds. The van der Waals surface area contributed by atoms with E-state index < -0.39 is 5.82 Å². The van der Waals surface area contributed by atoms with E-state index in [1.807, 2.05) is 37.3 Å². The van der Waals surface area contributed by atoms with Gasteiger partial charge in [0.15, 0.2) is 0 Å². The first-order valence-electron chi connectivity index (χ1n) is 12.7. The lowest BCUT2D eigenvalue weighted by molar-refractivity contribution is 0.0986. The SMILES string of the molecule is CCOc1ccc(NC(=O)NCCCN(C(=O)c2ccc(F)cc2)c2ccc(Oc3ccccc3)cc2)cc1. The van der Waals surface area contributed by atoms with Gasteiger partial charge < -0.3 is 25.0 Å². The van der Waals surface area contributed by atoms with Gasteiger partial charge in [-0.1, -0.05) is 18.2 Å². The summed E-state index contributed by atoms with van der Waals surface area (Å²) < 4.78 is 24.7. The van der Waals surface area contributed by atoms with Gasteiger partial charge in [0.25, 0.3) is 5.91 Å². The van der Waals surface area contributed by atoms with Gasteiger partial charge in [-0.05, 0) is 98.3 Å². The molecule has 8 heteroatoms. The zero-order valence-corrected chi connectivity index (χ0v) is 21.6. The third-order valence-corrected chi connectivity index (χ3v) is 5.73. The van der Waals surface area contributed by atoms with Gasteiger partial charge >= 0.3 is 6.03 Å². The van der Waals surface area contributed by atoms with Gasteiger partial charge in [0.1, 0.15) is 23.1 Å². The third-order valence-electron chi connectivity index (χ3n) is 5.73. The van der Waals surface area contributed by atoms with E-state index in [1.54, 1.807) is 53.4 Å². The Bertz CT molecular complexity index is 1350. The van der Waals surface area contributed by atoms with Crippen molar-refractivity contribution in [1.82, 2.24) is 5.32 Å². The van der Waals surface area contributed by atoms with Gasteiger partial charge in [-0.15, -0.1) is 0 Å². The maximum Gasteiger partial charge on any atom is 0.319 e. The predicted molar refractivity (Wildman–Crippen MR) is 150 cm³/mol. The van der Waals surface area contributed by atoms with Crippen LogP contribution in [0.2, 0.25) is 0 Å². The van der Waals surface area contributed by atoms with Crippen LogP contribution in [0.1, 0.15) is 23.7 Å². The summed E-state index contributed by atoms with van der Waals surface area (Å²) >= 11 is 0. The quantitative estimate of drug-likeness (QED) is 0.209. The van der Waals surface area contributed by atoms with Crippen LogP contribution < -0.4 is 25.0 Å². The fourth-order valence-corrected chi connectivity index (χ4v) is 3.83. The molecule has 4 aromatic rings. The Morgan fingerprint density at radius 1 is 0.795 bits per heavy atom. The van der Waals surface area contributed by atoms with Crippen LogP contribution in [0.5, 0.6) is 17.2 Å². The standard InChI is InChI=1S/C31H30FN3O4/c1-2-38-27-17-13-25(14-18-27)34-31(37)33-21-6-22-35(30(36)23-9-11-24(32)12-10-23)26-15-19-29(20-16-26)39-28-7-4-3-5-8-28/h3-5,7-20H,2,6,21-22H2,1H3,(H2,33,34,37). The summed E-state index contributed by atoms with van der Waals surface area (Å²) in [5, 5.41) is 5.59. The molecule has 0 aliphatic rings. The summed E-state index contributed by atoms with van der Waals surface area (Å²) in [6, 6.07) is 28.8. The number of hydrogen-bond donors (Lipinski definition) is 2. The van der Waals surface area contributed by atoms with Crippen LogP contribution in [0.15, 0.2) is 103 Å². The summed E-state index contributed by atoms with van der Waals surface area (Å²) in [5.41, 5.74) is 1.66. The van der Waals surface area contributed by atoms with E-state index >= 15 is 0 Å². The van der Waals surface area contributed by atoms with Crippen molar-refractivity contribution in [2.45, 2.75) is 13.3 Å². The number of anilines is 2. The number of nitrogens with zero attached hydrogens (tertiary/aromatic N) is 1. The number of carbonyl (C=O) groups excluding carboxylic acids is 2. The van der Waals surface area contributed by atoms with Crippen LogP contribution >= 0.6 is 0 Å². The highest BCUT2D eigenvalue weighted by atomic mass is 19.1. The molecule has 39 heavy (non-hydrogen) atoms. The molecule has 0 aliphatic carbocycles. The minimum atomic E-state index is -0.414. The monoisotopic (exact) mass is 527 g/mol. The Labute approximate surface area is 227 Å². The Hall–Kier alpha value is -4.85. The molecule has 0 fully saturated rings. The van der Waals surface area contributed by atoms with Crippen LogP contribution in [-0.2, 0) is 0 Å². The Kier molecular flexibility index (Phi) is 9.50. The summed E-state index contributed by atoms with van der Waals surface area (Å²) in [6.07, 6.45) is 0.492. The van der Waals surface area contributed by atoms with Crippen LogP contribution in [0.25, 0.3) is 0 Å². The number of hydrogen-bond acceptors (Lipinski definition) is 4. The van der Waals surface area contributed by atoms with Gasteiger partial charge in [0, 0.05) is 30.0 Å². The summed E-state index contributed by atoms with van der Waals surface area (Å²) in [7, 11) is 0. The Balaban J connectivity index is 1.37. The molecule has 0 saturated carbocycles. The van der Waals surface area contributed by atoms with Crippen LogP contribution in [-0.4, -0.2) is 31.6 Å². The lowest BCUT2D eigenvalue weighted by Crippen LogP contribution is -2.35. The molecular formula is C31H30FN3O4. The smallest absolute Gasteiger partial charge is 0.319 e. The normalized spacial score (nSPS) is 10.4. The summed E-state index contributed by atoms with van der Waals surface area (Å²) in [5.74, 6) is 1.38. The molecule has 2 N–H and O–H groups in total. The molecule has 0 heterocycles. The van der Waals surface area contributed by atoms with E-state index in [1.165, 1.54) is 24.3 Å². The molecule has 200 valence electrons. The number of halogens is 1. The van der Waals surface area contributed by atoms with Crippen LogP contribution in [0.4, 0.5) is 20.6 Å². The minimum absolute atomic E-state index is 0.273. The maximum absolute atomic E-state index is 13.4. The average molecular weight is 528 g/mol. The van der Waals surface area contributed by atoms with Gasteiger partial charge in [0.2, 0.25) is 0 Å². The molecule has 0 atom stereocenters. The van der Waals surface area contributed by atoms with Crippen molar-refractivity contribution in [3.63, 3.8) is 0 Å². The molecule has 0 saturated heterocycles. The molecule has 0 aromatic heterocycles. The minimum Gasteiger partial charge on any atom is -0.494 e. The lowest BCUT2D eigenvalue weighted by Gasteiger charge is -2.23. The Morgan fingerprint density at radius 3 is 2.10 bits per heavy atom. The molecular weight excluding hydrogens is 497 g/mol. The predicted octanol–water partition coefficient (Wildman–Crippen LogP) is 6.88. The summed E-state index contributed by atoms with van der Waals surface area (Å²) in [4.78, 5) is 27.3. The first-order valence-corrected chi connectivity index (χ1v) is 12.7. The molecule has 0 bridgehead atoms. The van der Waals surface area contributed by atoms with Crippen molar-refractivity contribution in [3.05, 3.63) is 115 Å². The van der Waals surface area contributed by atoms with Gasteiger partial charge in [-0.25, -0.2) is 9.18 Å². The highest BCUT2D eigenvalue weighted by Gasteiger charge is 2.18. The maximum atomic E-state index is 13.4. The molecule has 0 radical (unpaired) electrons. The number of benzene rings is 4. The van der Waals surface area contributed by atoms with E-state index in [-0.39, 0.29) is 11.9 Å². The van der Waals surface area contributed by atoms with Crippen molar-refractivity contribution in [3.8, 4) is 17.2 Å². The lowest BCUT2D eigenvalue weighted by atomic mass is 10.1. The first kappa shape index (κ1) is 27.2. The van der Waals surface area contributed by atoms with Gasteiger partial charge in [0.05, 0.1) is 6.61 Å². The van der Waals surface area contributed by atoms with E-state index in [4.69, 9.17) is 9.47 Å². The molecule has 0 unspecified atom stereocenters. The molecule has 4 rings (SSSR count). The van der Waals surface area contributed by atoms with Gasteiger partial charge in [-0.3, -0.25) is 4.79 Å². The second-order valence-corrected chi connectivity index (χ2v) is 8.56. The number of rotatable bonds is 11. The van der Waals surface area contributed by atoms with Crippen molar-refractivity contribution in [2.24, 2.45) is 0 Å². The van der Waals surface area contributed by atoms with E-state index in [9.17, 15) is 14.0 Å². The zero-order valence-electron chi connectivity index (χ0n) is 21.6. The molecule has 0 spiro atoms. The number of para-hydroxylation sites is 1. The number of urea groups is 1. The van der Waals surface area contributed by atoms with Crippen molar-refractivity contribution < 1.29 is 23.5 Å². The van der Waals surface area contributed by atoms with E-state index in [0.717, 1.165) is 5.75 Å². The number of amides is 3. The van der Waals surface area contributed by atoms with Crippen LogP contribution in [0, 0.1) is 5.82 Å². The highest BCUT2D eigenvalue weighted by Crippen LogP contribution is 2.25. The third kappa shape index (κ3) is 8.07. The zero-order chi connectivity index (χ0) is 27.5. The fourth-order valence-electron chi connectivity index (χ4n) is 3.83. The number of carbonyl (C=O) groups is 2. The van der Waals surface area contributed by atoms with Crippen molar-refractivity contribution >= 4 is 23.3 Å². The van der Waals surface area contributed by atoms with E-state index in [2.05, 4.69) is 10.6 Å². The molecule has 0 aliphatic heterocycles. The molecule has 4 aromatic carbocycles. The Morgan fingerprint density at radius 2 is 1.44 bits per heavy atom. The van der Waals surface area contributed by atoms with E-state index in [0.29, 0.717) is 54.6 Å². The van der Waals surface area contributed by atoms with Crippen molar-refractivity contribution in [2.75, 3.05) is 29.9 Å². The summed E-state index contributed by atoms with van der Waals surface area (Å²) in [6.45, 7) is 3.15.